The molecule has 0 fully saturated rings. The fraction of sp³-hybridized carbons (Fsp3) is 0.873. The van der Waals surface area contributed by atoms with Gasteiger partial charge >= 0.3 is 5.97 Å². The van der Waals surface area contributed by atoms with Crippen LogP contribution in [0.15, 0.2) is 48.6 Å². The van der Waals surface area contributed by atoms with Crippen molar-refractivity contribution in [1.29, 1.82) is 0 Å². The van der Waals surface area contributed by atoms with Crippen LogP contribution in [0.5, 0.6) is 0 Å². The van der Waals surface area contributed by atoms with E-state index in [9.17, 15) is 19.8 Å². The zero-order chi connectivity index (χ0) is 61.3. The Kier molecular flexibility index (Phi) is 72.4. The van der Waals surface area contributed by atoms with E-state index in [0.29, 0.717) is 25.9 Å². The minimum Gasteiger partial charge on any atom is -0.466 e. The van der Waals surface area contributed by atoms with Crippen LogP contribution in [-0.4, -0.2) is 47.4 Å². The first-order valence-corrected chi connectivity index (χ1v) is 38.4. The summed E-state index contributed by atoms with van der Waals surface area (Å²) >= 11 is 0. The van der Waals surface area contributed by atoms with Crippen LogP contribution in [0.25, 0.3) is 0 Å². The van der Waals surface area contributed by atoms with Crippen molar-refractivity contribution in [1.82, 2.24) is 5.32 Å². The van der Waals surface area contributed by atoms with Gasteiger partial charge in [0.1, 0.15) is 0 Å². The zero-order valence-electron chi connectivity index (χ0n) is 57.4. The summed E-state index contributed by atoms with van der Waals surface area (Å²) in [4.78, 5) is 24.6. The minimum atomic E-state index is -0.660. The van der Waals surface area contributed by atoms with Crippen molar-refractivity contribution in [3.63, 3.8) is 0 Å². The maximum Gasteiger partial charge on any atom is 0.305 e. The standard InChI is InChI=1S/C79H149NO5/c1-3-5-7-9-11-13-15-16-17-18-40-44-47-50-53-57-61-65-69-73-79(84)85-74-70-66-62-58-54-51-48-45-42-39-37-35-33-31-29-27-25-23-21-19-20-22-24-26-28-30-32-34-36-38-41-43-46-49-52-56-60-64-68-72-78(83)80-76(75-81)77(82)71-67-63-59-55-14-12-10-8-6-4-2/h11,13,16-17,19-20,23,25,76-77,81-82H,3-10,12,14-15,18,21-22,24,26-75H2,1-2H3,(H,80,83)/b13-11-,17-16-,20-19-,25-23-. The molecule has 1 amide bonds. The van der Waals surface area contributed by atoms with Gasteiger partial charge in [-0.05, 0) is 89.9 Å². The average Bonchev–Trinajstić information content (AvgIpc) is 3.51. The Balaban J connectivity index is 3.32. The molecule has 6 heteroatoms. The summed E-state index contributed by atoms with van der Waals surface area (Å²) in [5, 5.41) is 23.2. The SMILES string of the molecule is CCCCC/C=C\C/C=C\CCCCCCCCCCCC(=O)OCCCCCCCCCCCCCCCCC/C=C\C/C=C\CCCCCCCCCCCCCCCCCCCC(=O)NC(CO)C(O)CCCCCCCCCCCC. The van der Waals surface area contributed by atoms with Crippen LogP contribution >= 0.6 is 0 Å². The van der Waals surface area contributed by atoms with Crippen LogP contribution in [0.2, 0.25) is 0 Å². The molecule has 0 aromatic heterocycles. The van der Waals surface area contributed by atoms with E-state index < -0.39 is 12.1 Å². The third-order valence-electron chi connectivity index (χ3n) is 17.9. The van der Waals surface area contributed by atoms with E-state index in [1.54, 1.807) is 0 Å². The molecular formula is C79H149NO5. The number of nitrogens with one attached hydrogen (secondary N) is 1. The molecule has 0 aliphatic heterocycles. The van der Waals surface area contributed by atoms with E-state index in [0.717, 1.165) is 57.8 Å². The van der Waals surface area contributed by atoms with Gasteiger partial charge in [0.05, 0.1) is 25.4 Å². The molecule has 0 aliphatic rings. The Morgan fingerprint density at radius 3 is 0.918 bits per heavy atom. The highest BCUT2D eigenvalue weighted by Gasteiger charge is 2.20. The van der Waals surface area contributed by atoms with E-state index in [-0.39, 0.29) is 18.5 Å². The molecule has 500 valence electrons. The second-order valence-electron chi connectivity index (χ2n) is 26.3. The van der Waals surface area contributed by atoms with Crippen molar-refractivity contribution in [2.24, 2.45) is 0 Å². The van der Waals surface area contributed by atoms with Gasteiger partial charge in [0.2, 0.25) is 5.91 Å². The number of aliphatic hydroxyl groups excluding tert-OH is 2. The number of amides is 1. The number of carbonyl (C=O) groups excluding carboxylic acids is 2. The fourth-order valence-electron chi connectivity index (χ4n) is 12.0. The molecule has 0 radical (unpaired) electrons. The van der Waals surface area contributed by atoms with Gasteiger partial charge in [0, 0.05) is 12.8 Å². The van der Waals surface area contributed by atoms with Gasteiger partial charge in [-0.2, -0.15) is 0 Å². The van der Waals surface area contributed by atoms with Crippen molar-refractivity contribution in [2.75, 3.05) is 13.2 Å². The number of unbranched alkanes of at least 4 members (excludes halogenated alkanes) is 53. The quantitative estimate of drug-likeness (QED) is 0.0320. The fourth-order valence-corrected chi connectivity index (χ4v) is 12.0. The van der Waals surface area contributed by atoms with Crippen LogP contribution in [0.3, 0.4) is 0 Å². The summed E-state index contributed by atoms with van der Waals surface area (Å²) < 4.78 is 5.51. The molecule has 0 spiro atoms. The Morgan fingerprint density at radius 1 is 0.329 bits per heavy atom. The number of rotatable bonds is 72. The van der Waals surface area contributed by atoms with Crippen molar-refractivity contribution in [2.45, 2.75) is 431 Å². The lowest BCUT2D eigenvalue weighted by Crippen LogP contribution is -2.45. The van der Waals surface area contributed by atoms with Crippen molar-refractivity contribution >= 4 is 11.9 Å². The van der Waals surface area contributed by atoms with Crippen LogP contribution in [0.1, 0.15) is 418 Å². The van der Waals surface area contributed by atoms with Crippen molar-refractivity contribution in [3.8, 4) is 0 Å². The monoisotopic (exact) mass is 1190 g/mol. The second-order valence-corrected chi connectivity index (χ2v) is 26.3. The lowest BCUT2D eigenvalue weighted by Gasteiger charge is -2.22. The van der Waals surface area contributed by atoms with E-state index in [1.807, 2.05) is 0 Å². The molecule has 2 atom stereocenters. The van der Waals surface area contributed by atoms with Gasteiger partial charge in [-0.1, -0.05) is 364 Å². The number of hydrogen-bond donors (Lipinski definition) is 3. The molecule has 0 bridgehead atoms. The number of allylic oxidation sites excluding steroid dienone is 8. The van der Waals surface area contributed by atoms with Crippen LogP contribution in [-0.2, 0) is 14.3 Å². The summed E-state index contributed by atoms with van der Waals surface area (Å²) in [7, 11) is 0. The second kappa shape index (κ2) is 74.3. The third kappa shape index (κ3) is 70.8. The number of hydrogen-bond acceptors (Lipinski definition) is 5. The number of esters is 1. The van der Waals surface area contributed by atoms with Crippen LogP contribution < -0.4 is 5.32 Å². The predicted molar refractivity (Wildman–Crippen MR) is 375 cm³/mol. The molecule has 0 heterocycles. The molecule has 2 unspecified atom stereocenters. The topological polar surface area (TPSA) is 95.9 Å². The van der Waals surface area contributed by atoms with Crippen molar-refractivity contribution in [3.05, 3.63) is 48.6 Å². The highest BCUT2D eigenvalue weighted by atomic mass is 16.5. The molecular weight excluding hydrogens is 1040 g/mol. The summed E-state index contributed by atoms with van der Waals surface area (Å²) in [5.41, 5.74) is 0. The Hall–Kier alpha value is -2.18. The summed E-state index contributed by atoms with van der Waals surface area (Å²) in [6.07, 6.45) is 97.8. The average molecular weight is 1190 g/mol. The molecule has 85 heavy (non-hydrogen) atoms. The third-order valence-corrected chi connectivity index (χ3v) is 17.9. The van der Waals surface area contributed by atoms with Crippen molar-refractivity contribution < 1.29 is 24.5 Å². The highest BCUT2D eigenvalue weighted by Crippen LogP contribution is 2.19. The number of aliphatic hydroxyl groups is 2. The Bertz CT molecular complexity index is 1420. The lowest BCUT2D eigenvalue weighted by molar-refractivity contribution is -0.143. The maximum absolute atomic E-state index is 12.5. The molecule has 6 nitrogen and oxygen atoms in total. The van der Waals surface area contributed by atoms with Gasteiger partial charge in [-0.25, -0.2) is 0 Å². The van der Waals surface area contributed by atoms with Gasteiger partial charge in [-0.15, -0.1) is 0 Å². The summed E-state index contributed by atoms with van der Waals surface area (Å²) in [6.45, 7) is 4.94. The number of ether oxygens (including phenoxy) is 1. The van der Waals surface area contributed by atoms with Gasteiger partial charge < -0.3 is 20.3 Å². The molecule has 0 saturated carbocycles. The first-order chi connectivity index (χ1) is 42.0. The van der Waals surface area contributed by atoms with Crippen LogP contribution in [0, 0.1) is 0 Å². The number of carbonyl (C=O) groups is 2. The predicted octanol–water partition coefficient (Wildman–Crippen LogP) is 25.2. The molecule has 3 N–H and O–H groups in total. The van der Waals surface area contributed by atoms with E-state index >= 15 is 0 Å². The Labute approximate surface area is 531 Å². The first kappa shape index (κ1) is 82.8. The van der Waals surface area contributed by atoms with Gasteiger partial charge in [0.25, 0.3) is 0 Å². The smallest absolute Gasteiger partial charge is 0.305 e. The molecule has 0 aromatic rings. The van der Waals surface area contributed by atoms with E-state index in [2.05, 4.69) is 67.8 Å². The minimum absolute atomic E-state index is 0.0168. The lowest BCUT2D eigenvalue weighted by atomic mass is 10.0. The molecule has 0 rings (SSSR count). The van der Waals surface area contributed by atoms with E-state index in [1.165, 1.54) is 327 Å². The summed E-state index contributed by atoms with van der Waals surface area (Å²) in [5.74, 6) is -0.0152. The van der Waals surface area contributed by atoms with Crippen LogP contribution in [0.4, 0.5) is 0 Å². The maximum atomic E-state index is 12.5. The first-order valence-electron chi connectivity index (χ1n) is 38.4. The zero-order valence-corrected chi connectivity index (χ0v) is 57.4. The molecule has 0 saturated heterocycles. The van der Waals surface area contributed by atoms with E-state index in [4.69, 9.17) is 4.74 Å². The normalized spacial score (nSPS) is 12.8. The Morgan fingerprint density at radius 2 is 0.588 bits per heavy atom. The van der Waals surface area contributed by atoms with Gasteiger partial charge in [0.15, 0.2) is 0 Å². The van der Waals surface area contributed by atoms with Gasteiger partial charge in [-0.3, -0.25) is 9.59 Å². The summed E-state index contributed by atoms with van der Waals surface area (Å²) in [6, 6.07) is -0.537. The largest absolute Gasteiger partial charge is 0.466 e. The molecule has 0 aliphatic carbocycles. The highest BCUT2D eigenvalue weighted by molar-refractivity contribution is 5.76. The molecule has 0 aromatic carbocycles.